The molecule has 2 aliphatic rings. The topological polar surface area (TPSA) is 89.0 Å². The molecule has 0 radical (unpaired) electrons. The van der Waals surface area contributed by atoms with Crippen LogP contribution in [-0.4, -0.2) is 34.2 Å². The second-order valence-corrected chi connectivity index (χ2v) is 8.29. The van der Waals surface area contributed by atoms with Crippen molar-refractivity contribution in [2.75, 3.05) is 13.7 Å². The van der Waals surface area contributed by atoms with E-state index in [9.17, 15) is 9.59 Å². The smallest absolute Gasteiger partial charge is 0.333 e. The molecule has 7 nitrogen and oxygen atoms in total. The molecule has 4 heterocycles. The Bertz CT molecular complexity index is 1420. The van der Waals surface area contributed by atoms with Crippen LogP contribution in [0.4, 0.5) is 0 Å². The Morgan fingerprint density at radius 3 is 2.77 bits per heavy atom. The van der Waals surface area contributed by atoms with Crippen LogP contribution in [0, 0.1) is 0 Å². The number of methoxy groups -OCH3 is 1. The predicted molar refractivity (Wildman–Crippen MR) is 117 cm³/mol. The van der Waals surface area contributed by atoms with Gasteiger partial charge in [0.2, 0.25) is 0 Å². The summed E-state index contributed by atoms with van der Waals surface area (Å²) < 4.78 is 7.07. The summed E-state index contributed by atoms with van der Waals surface area (Å²) in [5.41, 5.74) is 2.41. The Morgan fingerprint density at radius 1 is 1.16 bits per heavy atom. The van der Waals surface area contributed by atoms with Crippen LogP contribution in [0.5, 0.6) is 0 Å². The molecule has 0 spiro atoms. The van der Waals surface area contributed by atoms with Crippen LogP contribution in [0.15, 0.2) is 53.3 Å². The number of nitrogens with one attached hydrogen (secondary N) is 2. The summed E-state index contributed by atoms with van der Waals surface area (Å²) in [7, 11) is 1.42. The van der Waals surface area contributed by atoms with E-state index < -0.39 is 5.54 Å². The Morgan fingerprint density at radius 2 is 1.94 bits per heavy atom. The third kappa shape index (κ3) is 2.35. The van der Waals surface area contributed by atoms with E-state index in [4.69, 9.17) is 9.72 Å². The number of fused-ring (bicyclic) bond motifs is 5. The number of para-hydroxylation sites is 2. The molecule has 7 heteroatoms. The molecular formula is C24H22N4O3. The first kappa shape index (κ1) is 18.3. The molecule has 0 saturated heterocycles. The molecule has 2 aliphatic heterocycles. The fraction of sp³-hybridized carbons (Fsp3) is 0.292. The molecule has 0 fully saturated rings. The number of benzene rings is 2. The molecule has 0 unspecified atom stereocenters. The van der Waals surface area contributed by atoms with E-state index in [1.54, 1.807) is 10.6 Å². The number of aromatic nitrogens is 3. The molecule has 0 aliphatic carbocycles. The van der Waals surface area contributed by atoms with E-state index >= 15 is 0 Å². The molecule has 6 rings (SSSR count). The summed E-state index contributed by atoms with van der Waals surface area (Å²) >= 11 is 0. The SMILES string of the molecule is COC(=O)[C@]1([C@H]2CCn3c2nc2ccccc2c3=O)NCCc2c1[nH]c1ccccc21. The van der Waals surface area contributed by atoms with Gasteiger partial charge in [-0.15, -0.1) is 0 Å². The highest BCUT2D eigenvalue weighted by Crippen LogP contribution is 2.46. The molecule has 31 heavy (non-hydrogen) atoms. The largest absolute Gasteiger partial charge is 0.467 e. The minimum atomic E-state index is -1.12. The van der Waals surface area contributed by atoms with Gasteiger partial charge in [-0.1, -0.05) is 30.3 Å². The number of esters is 1. The molecule has 156 valence electrons. The highest BCUT2D eigenvalue weighted by atomic mass is 16.5. The van der Waals surface area contributed by atoms with Gasteiger partial charge in [0.1, 0.15) is 5.82 Å². The predicted octanol–water partition coefficient (Wildman–Crippen LogP) is 2.58. The van der Waals surface area contributed by atoms with Crippen LogP contribution in [-0.2, 0) is 28.0 Å². The average molecular weight is 414 g/mol. The van der Waals surface area contributed by atoms with E-state index in [1.165, 1.54) is 7.11 Å². The number of nitrogens with zero attached hydrogens (tertiary/aromatic N) is 2. The highest BCUT2D eigenvalue weighted by Gasteiger charge is 2.55. The number of ether oxygens (including phenoxy) is 1. The van der Waals surface area contributed by atoms with Crippen LogP contribution < -0.4 is 10.9 Å². The normalized spacial score (nSPS) is 22.4. The molecule has 2 atom stereocenters. The van der Waals surface area contributed by atoms with Gasteiger partial charge >= 0.3 is 5.97 Å². The van der Waals surface area contributed by atoms with Gasteiger partial charge in [0.15, 0.2) is 5.54 Å². The summed E-state index contributed by atoms with van der Waals surface area (Å²) in [6, 6.07) is 15.5. The van der Waals surface area contributed by atoms with Crippen molar-refractivity contribution in [3.8, 4) is 0 Å². The molecule has 0 saturated carbocycles. The van der Waals surface area contributed by atoms with Gasteiger partial charge in [-0.3, -0.25) is 14.7 Å². The summed E-state index contributed by atoms with van der Waals surface area (Å²) in [6.45, 7) is 1.16. The lowest BCUT2D eigenvalue weighted by molar-refractivity contribution is -0.151. The maximum absolute atomic E-state index is 13.5. The van der Waals surface area contributed by atoms with Gasteiger partial charge in [-0.2, -0.15) is 0 Å². The van der Waals surface area contributed by atoms with E-state index in [2.05, 4.69) is 16.4 Å². The van der Waals surface area contributed by atoms with Crippen molar-refractivity contribution in [2.45, 2.75) is 30.8 Å². The monoisotopic (exact) mass is 414 g/mol. The molecule has 2 aromatic carbocycles. The Hall–Kier alpha value is -3.45. The number of carbonyl (C=O) groups excluding carboxylic acids is 1. The molecule has 2 aromatic heterocycles. The minimum absolute atomic E-state index is 0.0594. The lowest BCUT2D eigenvalue weighted by Crippen LogP contribution is -2.57. The van der Waals surface area contributed by atoms with Gasteiger partial charge in [0.05, 0.1) is 29.6 Å². The van der Waals surface area contributed by atoms with Gasteiger partial charge in [0, 0.05) is 24.0 Å². The number of rotatable bonds is 2. The van der Waals surface area contributed by atoms with E-state index in [0.717, 1.165) is 28.6 Å². The summed E-state index contributed by atoms with van der Waals surface area (Å²) in [5, 5.41) is 5.21. The highest BCUT2D eigenvalue weighted by molar-refractivity contribution is 5.91. The zero-order valence-corrected chi connectivity index (χ0v) is 17.1. The first-order valence-electron chi connectivity index (χ1n) is 10.6. The molecular weight excluding hydrogens is 392 g/mol. The Balaban J connectivity index is 1.64. The van der Waals surface area contributed by atoms with Crippen LogP contribution in [0.3, 0.4) is 0 Å². The van der Waals surface area contributed by atoms with Crippen molar-refractivity contribution in [1.82, 2.24) is 19.9 Å². The summed E-state index contributed by atoms with van der Waals surface area (Å²) in [6.07, 6.45) is 1.43. The van der Waals surface area contributed by atoms with Crippen molar-refractivity contribution in [2.24, 2.45) is 0 Å². The summed E-state index contributed by atoms with van der Waals surface area (Å²) in [5.74, 6) is -0.0571. The lowest BCUT2D eigenvalue weighted by atomic mass is 9.75. The lowest BCUT2D eigenvalue weighted by Gasteiger charge is -2.39. The van der Waals surface area contributed by atoms with Crippen molar-refractivity contribution in [3.63, 3.8) is 0 Å². The van der Waals surface area contributed by atoms with Gasteiger partial charge < -0.3 is 9.72 Å². The zero-order chi connectivity index (χ0) is 21.2. The minimum Gasteiger partial charge on any atom is -0.467 e. The van der Waals surface area contributed by atoms with E-state index in [-0.39, 0.29) is 17.4 Å². The standard InChI is InChI=1S/C24H22N4O3/c1-31-23(30)24(20-15(10-12-25-24)14-6-2-4-8-18(14)26-20)17-11-13-28-21(17)27-19-9-5-3-7-16(19)22(28)29/h2-9,17,25-26H,10-13H2,1H3/t17-,24+/m0/s1. The maximum Gasteiger partial charge on any atom is 0.333 e. The fourth-order valence-corrected chi connectivity index (χ4v) is 5.51. The number of carbonyl (C=O) groups is 1. The molecule has 2 N–H and O–H groups in total. The van der Waals surface area contributed by atoms with Gasteiger partial charge in [-0.25, -0.2) is 9.78 Å². The Labute approximate surface area is 178 Å². The second-order valence-electron chi connectivity index (χ2n) is 8.29. The fourth-order valence-electron chi connectivity index (χ4n) is 5.51. The number of H-pyrrole nitrogens is 1. The van der Waals surface area contributed by atoms with Crippen LogP contribution in [0.2, 0.25) is 0 Å². The quantitative estimate of drug-likeness (QED) is 0.492. The maximum atomic E-state index is 13.5. The van der Waals surface area contributed by atoms with Crippen molar-refractivity contribution < 1.29 is 9.53 Å². The summed E-state index contributed by atoms with van der Waals surface area (Å²) in [4.78, 5) is 35.0. The second kappa shape index (κ2) is 6.52. The number of aromatic amines is 1. The van der Waals surface area contributed by atoms with Crippen LogP contribution >= 0.6 is 0 Å². The van der Waals surface area contributed by atoms with Crippen molar-refractivity contribution >= 4 is 27.8 Å². The van der Waals surface area contributed by atoms with Gasteiger partial charge in [-0.05, 0) is 36.6 Å². The first-order chi connectivity index (χ1) is 15.1. The number of hydrogen-bond donors (Lipinski definition) is 2. The third-order valence-corrected chi connectivity index (χ3v) is 6.86. The van der Waals surface area contributed by atoms with Crippen LogP contribution in [0.25, 0.3) is 21.8 Å². The number of hydrogen-bond acceptors (Lipinski definition) is 5. The molecule has 0 bridgehead atoms. The zero-order valence-electron chi connectivity index (χ0n) is 17.1. The molecule has 0 amide bonds. The first-order valence-corrected chi connectivity index (χ1v) is 10.6. The molecule has 4 aromatic rings. The van der Waals surface area contributed by atoms with Crippen LogP contribution in [0.1, 0.15) is 29.4 Å². The van der Waals surface area contributed by atoms with E-state index in [1.807, 2.05) is 36.4 Å². The average Bonchev–Trinajstić information content (AvgIpc) is 3.41. The van der Waals surface area contributed by atoms with Crippen molar-refractivity contribution in [1.29, 1.82) is 0 Å². The van der Waals surface area contributed by atoms with Gasteiger partial charge in [0.25, 0.3) is 5.56 Å². The third-order valence-electron chi connectivity index (χ3n) is 6.86. The Kier molecular flexibility index (Phi) is 3.86. The van der Waals surface area contributed by atoms with Crippen molar-refractivity contribution in [3.05, 3.63) is 76.0 Å². The van der Waals surface area contributed by atoms with E-state index in [0.29, 0.717) is 36.2 Å².